The molecule has 0 unspecified atom stereocenters. The molecular weight excluding hydrogens is 356 g/mol. The predicted octanol–water partition coefficient (Wildman–Crippen LogP) is 4.68. The van der Waals surface area contributed by atoms with Crippen LogP contribution in [-0.2, 0) is 0 Å². The number of aryl methyl sites for hydroxylation is 1. The van der Waals surface area contributed by atoms with Crippen molar-refractivity contribution in [3.63, 3.8) is 0 Å². The topological polar surface area (TPSA) is 35.5 Å². The first-order valence-electron chi connectivity index (χ1n) is 6.27. The fourth-order valence-electron chi connectivity index (χ4n) is 1.84. The second kappa shape index (κ2) is 6.96. The Bertz CT molecular complexity index is 671. The summed E-state index contributed by atoms with van der Waals surface area (Å²) in [5.74, 6) is 0.978. The Kier molecular flexibility index (Phi) is 5.26. The molecule has 0 bridgehead atoms. The van der Waals surface area contributed by atoms with Crippen LogP contribution in [0.15, 0.2) is 40.9 Å². The van der Waals surface area contributed by atoms with E-state index in [9.17, 15) is 4.79 Å². The zero-order chi connectivity index (χ0) is 15.4. The highest BCUT2D eigenvalue weighted by Gasteiger charge is 2.14. The molecule has 0 amide bonds. The summed E-state index contributed by atoms with van der Waals surface area (Å²) < 4.78 is 11.5. The van der Waals surface area contributed by atoms with Crippen LogP contribution < -0.4 is 9.47 Å². The monoisotopic (exact) mass is 368 g/mol. The van der Waals surface area contributed by atoms with E-state index in [0.717, 1.165) is 5.56 Å². The zero-order valence-corrected chi connectivity index (χ0v) is 14.0. The van der Waals surface area contributed by atoms with Crippen molar-refractivity contribution in [2.75, 3.05) is 13.7 Å². The van der Waals surface area contributed by atoms with E-state index in [-0.39, 0.29) is 12.4 Å². The molecule has 2 aromatic carbocycles. The van der Waals surface area contributed by atoms with Crippen molar-refractivity contribution in [2.24, 2.45) is 0 Å². The Labute approximate surface area is 137 Å². The highest BCUT2D eigenvalue weighted by atomic mass is 79.9. The van der Waals surface area contributed by atoms with Gasteiger partial charge in [0.1, 0.15) is 11.5 Å². The van der Waals surface area contributed by atoms with E-state index < -0.39 is 0 Å². The van der Waals surface area contributed by atoms with Gasteiger partial charge in [-0.15, -0.1) is 0 Å². The minimum Gasteiger partial charge on any atom is -0.496 e. The van der Waals surface area contributed by atoms with Crippen LogP contribution in [0.1, 0.15) is 15.9 Å². The first-order chi connectivity index (χ1) is 10.0. The second-order valence-electron chi connectivity index (χ2n) is 4.49. The molecule has 0 aliphatic carbocycles. The fraction of sp³-hybridized carbons (Fsp3) is 0.188. The van der Waals surface area contributed by atoms with Gasteiger partial charge in [0, 0.05) is 5.02 Å². The molecule has 0 aromatic heterocycles. The number of carbonyl (C=O) groups excluding carboxylic acids is 1. The maximum atomic E-state index is 12.2. The molecule has 3 nitrogen and oxygen atoms in total. The van der Waals surface area contributed by atoms with Gasteiger partial charge < -0.3 is 9.47 Å². The van der Waals surface area contributed by atoms with Crippen molar-refractivity contribution in [1.82, 2.24) is 0 Å². The average molecular weight is 370 g/mol. The predicted molar refractivity (Wildman–Crippen MR) is 86.7 cm³/mol. The van der Waals surface area contributed by atoms with E-state index in [1.54, 1.807) is 31.4 Å². The summed E-state index contributed by atoms with van der Waals surface area (Å²) in [5, 5.41) is 0.598. The number of hydrogen-bond donors (Lipinski definition) is 0. The lowest BCUT2D eigenvalue weighted by molar-refractivity contribution is 0.0918. The maximum absolute atomic E-state index is 12.2. The van der Waals surface area contributed by atoms with Crippen molar-refractivity contribution in [3.8, 4) is 11.5 Å². The van der Waals surface area contributed by atoms with Gasteiger partial charge in [0.15, 0.2) is 6.61 Å². The SMILES string of the molecule is COc1cc(C)ccc1C(=O)COc1ccc(Cl)cc1Br. The quantitative estimate of drug-likeness (QED) is 0.718. The van der Waals surface area contributed by atoms with Gasteiger partial charge in [-0.1, -0.05) is 17.7 Å². The molecule has 21 heavy (non-hydrogen) atoms. The van der Waals surface area contributed by atoms with Crippen molar-refractivity contribution in [3.05, 3.63) is 57.0 Å². The molecule has 0 radical (unpaired) electrons. The number of Topliss-reactive ketones (excluding diaryl/α,β-unsaturated/α-hetero) is 1. The van der Waals surface area contributed by atoms with Gasteiger partial charge in [-0.25, -0.2) is 0 Å². The highest BCUT2D eigenvalue weighted by Crippen LogP contribution is 2.28. The normalized spacial score (nSPS) is 10.3. The van der Waals surface area contributed by atoms with E-state index in [1.807, 2.05) is 19.1 Å². The molecule has 0 aliphatic heterocycles. The van der Waals surface area contributed by atoms with Crippen molar-refractivity contribution >= 4 is 33.3 Å². The molecule has 0 atom stereocenters. The van der Waals surface area contributed by atoms with Gasteiger partial charge in [-0.3, -0.25) is 4.79 Å². The summed E-state index contributed by atoms with van der Waals surface area (Å²) in [5.41, 5.74) is 1.54. The summed E-state index contributed by atoms with van der Waals surface area (Å²) >= 11 is 9.21. The largest absolute Gasteiger partial charge is 0.496 e. The highest BCUT2D eigenvalue weighted by molar-refractivity contribution is 9.10. The van der Waals surface area contributed by atoms with Gasteiger partial charge in [0.05, 0.1) is 17.1 Å². The van der Waals surface area contributed by atoms with Gasteiger partial charge >= 0.3 is 0 Å². The molecular formula is C16H14BrClO3. The van der Waals surface area contributed by atoms with Crippen LogP contribution in [0.2, 0.25) is 5.02 Å². The molecule has 0 aliphatic rings. The van der Waals surface area contributed by atoms with Gasteiger partial charge in [0.2, 0.25) is 5.78 Å². The first-order valence-corrected chi connectivity index (χ1v) is 7.44. The Hall–Kier alpha value is -1.52. The van der Waals surface area contributed by atoms with Crippen LogP contribution in [-0.4, -0.2) is 19.5 Å². The van der Waals surface area contributed by atoms with Crippen LogP contribution in [0.25, 0.3) is 0 Å². The molecule has 2 rings (SSSR count). The fourth-order valence-corrected chi connectivity index (χ4v) is 2.64. The minimum absolute atomic E-state index is 0.0698. The standard InChI is InChI=1S/C16H14BrClO3/c1-10-3-5-12(16(7-10)20-2)14(19)9-21-15-6-4-11(18)8-13(15)17/h3-8H,9H2,1-2H3. The summed E-state index contributed by atoms with van der Waals surface area (Å²) in [6.07, 6.45) is 0. The number of hydrogen-bond acceptors (Lipinski definition) is 3. The summed E-state index contributed by atoms with van der Waals surface area (Å²) in [6, 6.07) is 10.6. The number of benzene rings is 2. The Morgan fingerprint density at radius 2 is 1.95 bits per heavy atom. The zero-order valence-electron chi connectivity index (χ0n) is 11.7. The van der Waals surface area contributed by atoms with Crippen molar-refractivity contribution in [1.29, 1.82) is 0 Å². The van der Waals surface area contributed by atoms with E-state index in [1.165, 1.54) is 0 Å². The van der Waals surface area contributed by atoms with Gasteiger partial charge in [0.25, 0.3) is 0 Å². The van der Waals surface area contributed by atoms with Crippen LogP contribution >= 0.6 is 27.5 Å². The molecule has 5 heteroatoms. The summed E-state index contributed by atoms with van der Waals surface area (Å²) in [6.45, 7) is 1.87. The van der Waals surface area contributed by atoms with Crippen molar-refractivity contribution in [2.45, 2.75) is 6.92 Å². The lowest BCUT2D eigenvalue weighted by atomic mass is 10.1. The lowest BCUT2D eigenvalue weighted by Gasteiger charge is -2.10. The number of rotatable bonds is 5. The number of halogens is 2. The number of ketones is 1. The maximum Gasteiger partial charge on any atom is 0.203 e. The lowest BCUT2D eigenvalue weighted by Crippen LogP contribution is -2.13. The van der Waals surface area contributed by atoms with Crippen LogP contribution in [0.4, 0.5) is 0 Å². The van der Waals surface area contributed by atoms with Crippen LogP contribution in [0.5, 0.6) is 11.5 Å². The Balaban J connectivity index is 2.11. The molecule has 110 valence electrons. The minimum atomic E-state index is -0.145. The molecule has 0 fully saturated rings. The van der Waals surface area contributed by atoms with E-state index in [2.05, 4.69) is 15.9 Å². The Morgan fingerprint density at radius 3 is 2.62 bits per heavy atom. The first kappa shape index (κ1) is 15.9. The average Bonchev–Trinajstić information content (AvgIpc) is 2.45. The molecule has 2 aromatic rings. The molecule has 0 N–H and O–H groups in total. The molecule has 0 saturated heterocycles. The number of carbonyl (C=O) groups is 1. The van der Waals surface area contributed by atoms with Crippen LogP contribution in [0.3, 0.4) is 0 Å². The third-order valence-electron chi connectivity index (χ3n) is 2.91. The summed E-state index contributed by atoms with van der Waals surface area (Å²) in [4.78, 5) is 12.2. The van der Waals surface area contributed by atoms with Gasteiger partial charge in [-0.2, -0.15) is 0 Å². The van der Waals surface area contributed by atoms with E-state index >= 15 is 0 Å². The number of ether oxygens (including phenoxy) is 2. The second-order valence-corrected chi connectivity index (χ2v) is 5.78. The third-order valence-corrected chi connectivity index (χ3v) is 3.76. The van der Waals surface area contributed by atoms with Crippen molar-refractivity contribution < 1.29 is 14.3 Å². The van der Waals surface area contributed by atoms with Crippen LogP contribution in [0, 0.1) is 6.92 Å². The van der Waals surface area contributed by atoms with Gasteiger partial charge in [-0.05, 0) is 58.7 Å². The summed E-state index contributed by atoms with van der Waals surface area (Å²) in [7, 11) is 1.54. The Morgan fingerprint density at radius 1 is 1.19 bits per heavy atom. The number of methoxy groups -OCH3 is 1. The van der Waals surface area contributed by atoms with E-state index in [4.69, 9.17) is 21.1 Å². The van der Waals surface area contributed by atoms with E-state index in [0.29, 0.717) is 26.6 Å². The molecule has 0 saturated carbocycles. The molecule has 0 spiro atoms. The smallest absolute Gasteiger partial charge is 0.203 e. The molecule has 0 heterocycles. The third kappa shape index (κ3) is 3.99.